The third kappa shape index (κ3) is 8.15. The molecule has 0 radical (unpaired) electrons. The van der Waals surface area contributed by atoms with Crippen molar-refractivity contribution in [3.63, 3.8) is 0 Å². The van der Waals surface area contributed by atoms with Crippen molar-refractivity contribution in [2.75, 3.05) is 26.2 Å². The zero-order valence-electron chi connectivity index (χ0n) is 11.4. The van der Waals surface area contributed by atoms with E-state index in [1.165, 1.54) is 0 Å². The van der Waals surface area contributed by atoms with E-state index < -0.39 is 11.9 Å². The number of rotatable bonds is 12. The fourth-order valence-corrected chi connectivity index (χ4v) is 2.23. The molecule has 0 atom stereocenters. The Morgan fingerprint density at radius 2 is 1.26 bits per heavy atom. The van der Waals surface area contributed by atoms with Gasteiger partial charge in [-0.1, -0.05) is 13.2 Å². The largest absolute Gasteiger partial charge is 0.481 e. The number of carboxylic acid groups (broad SMARTS) is 2. The van der Waals surface area contributed by atoms with Crippen LogP contribution in [0.5, 0.6) is 0 Å². The number of carbonyl (C=O) groups is 2. The monoisotopic (exact) mass is 270 g/mol. The number of quaternary nitrogens is 1. The Hall–Kier alpha value is -1.62. The summed E-state index contributed by atoms with van der Waals surface area (Å²) in [6.45, 7) is 10.3. The molecule has 0 aliphatic carbocycles. The summed E-state index contributed by atoms with van der Waals surface area (Å²) in [4.78, 5) is 21.2. The van der Waals surface area contributed by atoms with Crippen LogP contribution >= 0.6 is 0 Å². The van der Waals surface area contributed by atoms with Crippen molar-refractivity contribution in [3.8, 4) is 0 Å². The maximum absolute atomic E-state index is 10.6. The summed E-state index contributed by atoms with van der Waals surface area (Å²) in [5, 5.41) is 17.4. The van der Waals surface area contributed by atoms with Crippen molar-refractivity contribution < 1.29 is 24.3 Å². The van der Waals surface area contributed by atoms with Crippen molar-refractivity contribution >= 4 is 11.9 Å². The van der Waals surface area contributed by atoms with Gasteiger partial charge in [-0.3, -0.25) is 9.59 Å². The molecule has 0 amide bonds. The number of carboxylic acids is 2. The summed E-state index contributed by atoms with van der Waals surface area (Å²) in [5.74, 6) is -1.61. The van der Waals surface area contributed by atoms with E-state index in [2.05, 4.69) is 13.2 Å². The highest BCUT2D eigenvalue weighted by molar-refractivity contribution is 5.66. The fraction of sp³-hybridized carbons (Fsp3) is 0.571. The zero-order chi connectivity index (χ0) is 14.7. The Bertz CT molecular complexity index is 293. The van der Waals surface area contributed by atoms with Gasteiger partial charge in [-0.15, -0.1) is 0 Å². The Morgan fingerprint density at radius 3 is 1.53 bits per heavy atom. The molecule has 0 aromatic rings. The molecule has 5 heteroatoms. The van der Waals surface area contributed by atoms with E-state index in [1.807, 2.05) is 0 Å². The van der Waals surface area contributed by atoms with E-state index in [0.29, 0.717) is 43.5 Å². The molecule has 0 rings (SSSR count). The first-order valence-electron chi connectivity index (χ1n) is 6.46. The second kappa shape index (κ2) is 9.33. The molecule has 0 aromatic carbocycles. The maximum atomic E-state index is 10.6. The number of aliphatic carboxylic acids is 2. The van der Waals surface area contributed by atoms with Gasteiger partial charge in [0.15, 0.2) is 0 Å². The van der Waals surface area contributed by atoms with E-state index in [4.69, 9.17) is 10.2 Å². The first-order valence-corrected chi connectivity index (χ1v) is 6.46. The van der Waals surface area contributed by atoms with E-state index in [9.17, 15) is 9.59 Å². The SMILES string of the molecule is C=CC[N+](CC=C)(CCCC(=O)O)CCCC(=O)O. The van der Waals surface area contributed by atoms with Crippen LogP contribution in [0.3, 0.4) is 0 Å². The van der Waals surface area contributed by atoms with Gasteiger partial charge in [0.25, 0.3) is 0 Å². The first kappa shape index (κ1) is 17.4. The summed E-state index contributed by atoms with van der Waals surface area (Å²) in [7, 11) is 0. The zero-order valence-corrected chi connectivity index (χ0v) is 11.4. The minimum absolute atomic E-state index is 0.132. The van der Waals surface area contributed by atoms with Crippen LogP contribution in [0.15, 0.2) is 25.3 Å². The molecule has 0 bridgehead atoms. The van der Waals surface area contributed by atoms with Crippen LogP contribution in [0.4, 0.5) is 0 Å². The molecule has 0 aliphatic rings. The van der Waals surface area contributed by atoms with Crippen molar-refractivity contribution in [1.29, 1.82) is 0 Å². The van der Waals surface area contributed by atoms with Crippen LogP contribution in [0.1, 0.15) is 25.7 Å². The van der Waals surface area contributed by atoms with E-state index in [0.717, 1.165) is 0 Å². The van der Waals surface area contributed by atoms with Gasteiger partial charge in [-0.25, -0.2) is 0 Å². The summed E-state index contributed by atoms with van der Waals surface area (Å²) in [6.07, 6.45) is 5.00. The standard InChI is InChI=1S/C14H23NO4/c1-3-9-15(10-4-2,11-5-7-13(16)17)12-6-8-14(18)19/h3-4H,1-2,5-12H2,(H-,16,17,18,19)/p+1. The highest BCUT2D eigenvalue weighted by atomic mass is 16.4. The van der Waals surface area contributed by atoms with E-state index in [-0.39, 0.29) is 12.8 Å². The molecule has 5 nitrogen and oxygen atoms in total. The second-order valence-corrected chi connectivity index (χ2v) is 4.73. The molecular weight excluding hydrogens is 246 g/mol. The molecule has 2 N–H and O–H groups in total. The van der Waals surface area contributed by atoms with Crippen LogP contribution < -0.4 is 0 Å². The van der Waals surface area contributed by atoms with Crippen LogP contribution in [0.25, 0.3) is 0 Å². The summed E-state index contributed by atoms with van der Waals surface area (Å²) in [6, 6.07) is 0. The maximum Gasteiger partial charge on any atom is 0.303 e. The minimum atomic E-state index is -0.805. The molecule has 0 saturated carbocycles. The average Bonchev–Trinajstić information content (AvgIpc) is 2.28. The Morgan fingerprint density at radius 1 is 0.895 bits per heavy atom. The quantitative estimate of drug-likeness (QED) is 0.419. The molecule has 0 aliphatic heterocycles. The third-order valence-electron chi connectivity index (χ3n) is 3.08. The van der Waals surface area contributed by atoms with E-state index in [1.54, 1.807) is 12.2 Å². The minimum Gasteiger partial charge on any atom is -0.481 e. The normalized spacial score (nSPS) is 10.9. The fourth-order valence-electron chi connectivity index (χ4n) is 2.23. The van der Waals surface area contributed by atoms with Gasteiger partial charge in [-0.2, -0.15) is 0 Å². The van der Waals surface area contributed by atoms with Gasteiger partial charge in [-0.05, 0) is 12.2 Å². The lowest BCUT2D eigenvalue weighted by molar-refractivity contribution is -0.917. The molecular formula is C14H24NO4+. The Balaban J connectivity index is 4.54. The average molecular weight is 270 g/mol. The first-order chi connectivity index (χ1) is 8.95. The number of hydrogen-bond acceptors (Lipinski definition) is 2. The van der Waals surface area contributed by atoms with Gasteiger partial charge < -0.3 is 14.7 Å². The lowest BCUT2D eigenvalue weighted by atomic mass is 10.2. The van der Waals surface area contributed by atoms with Crippen LogP contribution in [0.2, 0.25) is 0 Å². The smallest absolute Gasteiger partial charge is 0.303 e. The summed E-state index contributed by atoms with van der Waals surface area (Å²) in [5.41, 5.74) is 0. The van der Waals surface area contributed by atoms with E-state index >= 15 is 0 Å². The molecule has 108 valence electrons. The Kier molecular flexibility index (Phi) is 8.53. The molecule has 0 heterocycles. The highest BCUT2D eigenvalue weighted by Gasteiger charge is 2.24. The molecule has 0 fully saturated rings. The molecule has 0 unspecified atom stereocenters. The molecule has 0 spiro atoms. The van der Waals surface area contributed by atoms with Crippen LogP contribution in [-0.4, -0.2) is 52.8 Å². The van der Waals surface area contributed by atoms with Crippen molar-refractivity contribution in [2.24, 2.45) is 0 Å². The lowest BCUT2D eigenvalue weighted by Crippen LogP contribution is -2.49. The number of hydrogen-bond donors (Lipinski definition) is 2. The predicted molar refractivity (Wildman–Crippen MR) is 73.9 cm³/mol. The summed E-state index contributed by atoms with van der Waals surface area (Å²) < 4.78 is 0.632. The van der Waals surface area contributed by atoms with Crippen LogP contribution in [0, 0.1) is 0 Å². The van der Waals surface area contributed by atoms with Gasteiger partial charge in [0.2, 0.25) is 0 Å². The van der Waals surface area contributed by atoms with Crippen LogP contribution in [-0.2, 0) is 9.59 Å². The summed E-state index contributed by atoms with van der Waals surface area (Å²) >= 11 is 0. The highest BCUT2D eigenvalue weighted by Crippen LogP contribution is 2.13. The second-order valence-electron chi connectivity index (χ2n) is 4.73. The van der Waals surface area contributed by atoms with Crippen molar-refractivity contribution in [3.05, 3.63) is 25.3 Å². The topological polar surface area (TPSA) is 74.6 Å². The van der Waals surface area contributed by atoms with Gasteiger partial charge in [0.1, 0.15) is 0 Å². The molecule has 0 aromatic heterocycles. The third-order valence-corrected chi connectivity index (χ3v) is 3.08. The predicted octanol–water partition coefficient (Wildman–Crippen LogP) is 1.90. The molecule has 0 saturated heterocycles. The van der Waals surface area contributed by atoms with Crippen molar-refractivity contribution in [1.82, 2.24) is 0 Å². The van der Waals surface area contributed by atoms with Gasteiger partial charge in [0.05, 0.1) is 39.0 Å². The molecule has 19 heavy (non-hydrogen) atoms. The van der Waals surface area contributed by atoms with Gasteiger partial charge in [0, 0.05) is 12.8 Å². The number of nitrogens with zero attached hydrogens (tertiary/aromatic N) is 1. The Labute approximate surface area is 114 Å². The van der Waals surface area contributed by atoms with Crippen molar-refractivity contribution in [2.45, 2.75) is 25.7 Å². The lowest BCUT2D eigenvalue weighted by Gasteiger charge is -2.37. The van der Waals surface area contributed by atoms with Gasteiger partial charge >= 0.3 is 11.9 Å².